The van der Waals surface area contributed by atoms with Gasteiger partial charge in [0.1, 0.15) is 15.8 Å². The fraction of sp³-hybridized carbons (Fsp3) is 0.250. The van der Waals surface area contributed by atoms with Gasteiger partial charge in [0.25, 0.3) is 0 Å². The fourth-order valence-corrected chi connectivity index (χ4v) is 3.49. The molecule has 0 atom stereocenters. The molecule has 2 aromatic rings. The molecular weight excluding hydrogens is 288 g/mol. The first-order chi connectivity index (χ1) is 9.05. The standard InChI is InChI=1S/C12H13ClN2O3S/c1-2-15(9-10-5-4-8-18-10)19(16,17)11-6-3-7-14-12(11)13/h3-8H,2,9H2,1H3. The summed E-state index contributed by atoms with van der Waals surface area (Å²) in [5.74, 6) is 0.574. The summed E-state index contributed by atoms with van der Waals surface area (Å²) >= 11 is 5.85. The first-order valence-electron chi connectivity index (χ1n) is 5.68. The van der Waals surface area contributed by atoms with Crippen LogP contribution in [-0.2, 0) is 16.6 Å². The molecule has 0 N–H and O–H groups in total. The Bertz CT molecular complexity index is 641. The lowest BCUT2D eigenvalue weighted by molar-refractivity contribution is 0.375. The molecule has 0 bridgehead atoms. The number of pyridine rings is 1. The van der Waals surface area contributed by atoms with Crippen LogP contribution in [0.3, 0.4) is 0 Å². The van der Waals surface area contributed by atoms with Gasteiger partial charge in [0.2, 0.25) is 10.0 Å². The van der Waals surface area contributed by atoms with Crippen LogP contribution >= 0.6 is 11.6 Å². The molecule has 0 fully saturated rings. The zero-order chi connectivity index (χ0) is 13.9. The monoisotopic (exact) mass is 300 g/mol. The average molecular weight is 301 g/mol. The van der Waals surface area contributed by atoms with Crippen LogP contribution in [0.4, 0.5) is 0 Å². The van der Waals surface area contributed by atoms with Crippen molar-refractivity contribution in [3.63, 3.8) is 0 Å². The second-order valence-corrected chi connectivity index (χ2v) is 6.07. The summed E-state index contributed by atoms with van der Waals surface area (Å²) < 4.78 is 31.4. The lowest BCUT2D eigenvalue weighted by Crippen LogP contribution is -2.30. The van der Waals surface area contributed by atoms with Crippen molar-refractivity contribution in [2.75, 3.05) is 6.54 Å². The van der Waals surface area contributed by atoms with Crippen molar-refractivity contribution in [3.8, 4) is 0 Å². The average Bonchev–Trinajstić information content (AvgIpc) is 2.89. The van der Waals surface area contributed by atoms with E-state index in [9.17, 15) is 8.42 Å². The zero-order valence-corrected chi connectivity index (χ0v) is 11.9. The summed E-state index contributed by atoms with van der Waals surface area (Å²) in [7, 11) is -3.68. The number of furan rings is 1. The number of nitrogens with zero attached hydrogens (tertiary/aromatic N) is 2. The van der Waals surface area contributed by atoms with Crippen LogP contribution in [0.15, 0.2) is 46.0 Å². The fourth-order valence-electron chi connectivity index (χ4n) is 1.65. The van der Waals surface area contributed by atoms with E-state index in [1.165, 1.54) is 22.8 Å². The van der Waals surface area contributed by atoms with Crippen LogP contribution in [0, 0.1) is 0 Å². The van der Waals surface area contributed by atoms with Gasteiger partial charge in [-0.2, -0.15) is 4.31 Å². The van der Waals surface area contributed by atoms with Gasteiger partial charge < -0.3 is 4.42 Å². The Morgan fingerprint density at radius 2 is 2.16 bits per heavy atom. The van der Waals surface area contributed by atoms with Crippen molar-refractivity contribution >= 4 is 21.6 Å². The van der Waals surface area contributed by atoms with Crippen LogP contribution in [0.25, 0.3) is 0 Å². The smallest absolute Gasteiger partial charge is 0.246 e. The molecule has 19 heavy (non-hydrogen) atoms. The van der Waals surface area contributed by atoms with Crippen LogP contribution in [-0.4, -0.2) is 24.3 Å². The minimum absolute atomic E-state index is 0.00470. The van der Waals surface area contributed by atoms with Crippen molar-refractivity contribution in [1.82, 2.24) is 9.29 Å². The largest absolute Gasteiger partial charge is 0.468 e. The Kier molecular flexibility index (Phi) is 4.24. The molecular formula is C12H13ClN2O3S. The van der Waals surface area contributed by atoms with E-state index < -0.39 is 10.0 Å². The minimum Gasteiger partial charge on any atom is -0.468 e. The summed E-state index contributed by atoms with van der Waals surface area (Å²) in [5, 5.41) is -0.0274. The van der Waals surface area contributed by atoms with Gasteiger partial charge in [-0.15, -0.1) is 0 Å². The number of hydrogen-bond donors (Lipinski definition) is 0. The van der Waals surface area contributed by atoms with Crippen LogP contribution in [0.2, 0.25) is 5.15 Å². The summed E-state index contributed by atoms with van der Waals surface area (Å²) in [6.07, 6.45) is 2.96. The molecule has 102 valence electrons. The molecule has 0 spiro atoms. The second kappa shape index (κ2) is 5.73. The highest BCUT2D eigenvalue weighted by atomic mass is 35.5. The molecule has 0 aliphatic carbocycles. The first-order valence-corrected chi connectivity index (χ1v) is 7.50. The van der Waals surface area contributed by atoms with E-state index in [4.69, 9.17) is 16.0 Å². The quantitative estimate of drug-likeness (QED) is 0.796. The van der Waals surface area contributed by atoms with E-state index in [0.29, 0.717) is 12.3 Å². The van der Waals surface area contributed by atoms with Crippen LogP contribution in [0.5, 0.6) is 0 Å². The summed E-state index contributed by atoms with van der Waals surface area (Å²) in [6, 6.07) is 6.42. The topological polar surface area (TPSA) is 63.4 Å². The number of sulfonamides is 1. The Labute approximate surface area is 116 Å². The van der Waals surface area contributed by atoms with Gasteiger partial charge in [-0.3, -0.25) is 0 Å². The van der Waals surface area contributed by atoms with E-state index in [1.807, 2.05) is 0 Å². The van der Waals surface area contributed by atoms with Crippen molar-refractivity contribution in [2.45, 2.75) is 18.4 Å². The number of hydrogen-bond acceptors (Lipinski definition) is 4. The Morgan fingerprint density at radius 3 is 2.74 bits per heavy atom. The van der Waals surface area contributed by atoms with Crippen molar-refractivity contribution < 1.29 is 12.8 Å². The molecule has 7 heteroatoms. The van der Waals surface area contributed by atoms with Crippen molar-refractivity contribution in [1.29, 1.82) is 0 Å². The molecule has 0 unspecified atom stereocenters. The maximum atomic E-state index is 12.5. The van der Waals surface area contributed by atoms with Gasteiger partial charge in [0.05, 0.1) is 12.8 Å². The lowest BCUT2D eigenvalue weighted by atomic mass is 10.4. The molecule has 5 nitrogen and oxygen atoms in total. The zero-order valence-electron chi connectivity index (χ0n) is 10.3. The summed E-state index contributed by atoms with van der Waals surface area (Å²) in [4.78, 5) is 3.80. The normalized spacial score (nSPS) is 11.9. The van der Waals surface area contributed by atoms with Gasteiger partial charge in [-0.1, -0.05) is 18.5 Å². The van der Waals surface area contributed by atoms with Crippen molar-refractivity contribution in [3.05, 3.63) is 47.6 Å². The van der Waals surface area contributed by atoms with Crippen LogP contribution < -0.4 is 0 Å². The van der Waals surface area contributed by atoms with E-state index in [0.717, 1.165) is 0 Å². The highest BCUT2D eigenvalue weighted by Crippen LogP contribution is 2.23. The third-order valence-electron chi connectivity index (χ3n) is 2.61. The van der Waals surface area contributed by atoms with Gasteiger partial charge in [-0.05, 0) is 24.3 Å². The molecule has 2 aromatic heterocycles. The first kappa shape index (κ1) is 14.0. The number of rotatable bonds is 5. The van der Waals surface area contributed by atoms with Gasteiger partial charge in [0, 0.05) is 12.7 Å². The SMILES string of the molecule is CCN(Cc1ccco1)S(=O)(=O)c1cccnc1Cl. The van der Waals surface area contributed by atoms with E-state index >= 15 is 0 Å². The molecule has 0 aliphatic rings. The molecule has 0 saturated heterocycles. The molecule has 2 heterocycles. The summed E-state index contributed by atoms with van der Waals surface area (Å²) in [5.41, 5.74) is 0. The third kappa shape index (κ3) is 2.97. The Hall–Kier alpha value is -1.37. The van der Waals surface area contributed by atoms with E-state index in [2.05, 4.69) is 4.98 Å². The maximum absolute atomic E-state index is 12.5. The highest BCUT2D eigenvalue weighted by Gasteiger charge is 2.26. The van der Waals surface area contributed by atoms with Crippen LogP contribution in [0.1, 0.15) is 12.7 Å². The highest BCUT2D eigenvalue weighted by molar-refractivity contribution is 7.89. The van der Waals surface area contributed by atoms with E-state index in [-0.39, 0.29) is 16.6 Å². The number of aromatic nitrogens is 1. The van der Waals surface area contributed by atoms with E-state index in [1.54, 1.807) is 25.1 Å². The molecule has 0 aliphatic heterocycles. The molecule has 0 amide bonds. The van der Waals surface area contributed by atoms with Gasteiger partial charge in [0.15, 0.2) is 0 Å². The molecule has 0 aromatic carbocycles. The maximum Gasteiger partial charge on any atom is 0.246 e. The molecule has 0 radical (unpaired) electrons. The molecule has 2 rings (SSSR count). The third-order valence-corrected chi connectivity index (χ3v) is 4.97. The Morgan fingerprint density at radius 1 is 1.37 bits per heavy atom. The predicted octanol–water partition coefficient (Wildman–Crippen LogP) is 2.54. The minimum atomic E-state index is -3.68. The van der Waals surface area contributed by atoms with Crippen molar-refractivity contribution in [2.24, 2.45) is 0 Å². The van der Waals surface area contributed by atoms with Gasteiger partial charge in [-0.25, -0.2) is 13.4 Å². The summed E-state index contributed by atoms with van der Waals surface area (Å²) in [6.45, 7) is 2.23. The Balaban J connectivity index is 2.34. The predicted molar refractivity (Wildman–Crippen MR) is 71.2 cm³/mol. The lowest BCUT2D eigenvalue weighted by Gasteiger charge is -2.19. The number of halogens is 1. The second-order valence-electron chi connectivity index (χ2n) is 3.80. The molecule has 0 saturated carbocycles. The van der Waals surface area contributed by atoms with Gasteiger partial charge >= 0.3 is 0 Å².